The molecule has 8 heteroatoms. The molecule has 2 fully saturated rings. The lowest BCUT2D eigenvalue weighted by molar-refractivity contribution is 0.203. The number of nitrogens with one attached hydrogen (secondary N) is 1. The number of guanidine groups is 1. The summed E-state index contributed by atoms with van der Waals surface area (Å²) in [6, 6.07) is 0. The highest BCUT2D eigenvalue weighted by Gasteiger charge is 2.39. The molecule has 0 atom stereocenters. The van der Waals surface area contributed by atoms with Crippen LogP contribution in [0.5, 0.6) is 0 Å². The van der Waals surface area contributed by atoms with Crippen molar-refractivity contribution in [1.29, 1.82) is 0 Å². The van der Waals surface area contributed by atoms with Gasteiger partial charge in [0.05, 0.1) is 5.75 Å². The molecule has 0 radical (unpaired) electrons. The van der Waals surface area contributed by atoms with Crippen LogP contribution in [0, 0.1) is 5.41 Å². The number of likely N-dealkylation sites (tertiary alicyclic amines) is 1. The van der Waals surface area contributed by atoms with Gasteiger partial charge in [0.25, 0.3) is 0 Å². The lowest BCUT2D eigenvalue weighted by Crippen LogP contribution is -2.42. The Morgan fingerprint density at radius 2 is 1.92 bits per heavy atom. The number of hydrogen-bond donors (Lipinski definition) is 1. The van der Waals surface area contributed by atoms with Crippen LogP contribution < -0.4 is 5.32 Å². The lowest BCUT2D eigenvalue weighted by atomic mass is 9.73. The molecule has 2 aliphatic rings. The molecule has 0 unspecified atom stereocenters. The highest BCUT2D eigenvalue weighted by molar-refractivity contribution is 14.0. The molecule has 6 nitrogen and oxygen atoms in total. The van der Waals surface area contributed by atoms with Crippen LogP contribution in [-0.2, 0) is 10.0 Å². The Balaban J connectivity index is 0.00000312. The predicted molar refractivity (Wildman–Crippen MR) is 115 cm³/mol. The van der Waals surface area contributed by atoms with Gasteiger partial charge in [-0.05, 0) is 38.0 Å². The molecule has 0 aromatic rings. The minimum Gasteiger partial charge on any atom is -0.356 e. The normalized spacial score (nSPS) is 20.8. The summed E-state index contributed by atoms with van der Waals surface area (Å²) in [5.41, 5.74) is 0.519. The van der Waals surface area contributed by atoms with Crippen LogP contribution in [0.25, 0.3) is 0 Å². The summed E-state index contributed by atoms with van der Waals surface area (Å²) in [5, 5.41) is 3.41. The van der Waals surface area contributed by atoms with Crippen LogP contribution in [0.1, 0.15) is 51.9 Å². The SMILES string of the molecule is CCS(=O)(=O)N(C)CCCNC(=NC)N1CCC2(CCCCC2)C1.I. The second-order valence-corrected chi connectivity index (χ2v) is 9.65. The topological polar surface area (TPSA) is 65.0 Å². The maximum atomic E-state index is 11.7. The fraction of sp³-hybridized carbons (Fsp3) is 0.941. The molecular formula is C17H35IN4O2S. The molecule has 1 spiro atoms. The van der Waals surface area contributed by atoms with E-state index < -0.39 is 10.0 Å². The molecule has 1 saturated carbocycles. The van der Waals surface area contributed by atoms with Crippen molar-refractivity contribution < 1.29 is 8.42 Å². The summed E-state index contributed by atoms with van der Waals surface area (Å²) in [6.07, 6.45) is 8.93. The van der Waals surface area contributed by atoms with Gasteiger partial charge in [0.1, 0.15) is 0 Å². The van der Waals surface area contributed by atoms with E-state index in [0.717, 1.165) is 32.0 Å². The summed E-state index contributed by atoms with van der Waals surface area (Å²) in [6.45, 7) is 5.19. The first-order valence-corrected chi connectivity index (χ1v) is 10.9. The van der Waals surface area contributed by atoms with Gasteiger partial charge in [-0.2, -0.15) is 0 Å². The molecule has 1 saturated heterocycles. The third kappa shape index (κ3) is 6.23. The van der Waals surface area contributed by atoms with Gasteiger partial charge < -0.3 is 10.2 Å². The van der Waals surface area contributed by atoms with Crippen molar-refractivity contribution >= 4 is 40.0 Å². The van der Waals surface area contributed by atoms with Crippen molar-refractivity contribution in [2.24, 2.45) is 10.4 Å². The zero-order chi connectivity index (χ0) is 17.6. The Kier molecular flexibility index (Phi) is 9.45. The fourth-order valence-electron chi connectivity index (χ4n) is 4.02. The molecule has 1 N–H and O–H groups in total. The van der Waals surface area contributed by atoms with E-state index in [1.807, 2.05) is 7.05 Å². The summed E-state index contributed by atoms with van der Waals surface area (Å²) < 4.78 is 24.9. The number of aliphatic imine (C=N–C) groups is 1. The summed E-state index contributed by atoms with van der Waals surface area (Å²) in [7, 11) is 0.415. The summed E-state index contributed by atoms with van der Waals surface area (Å²) in [4.78, 5) is 6.82. The predicted octanol–water partition coefficient (Wildman–Crippen LogP) is 2.51. The van der Waals surface area contributed by atoms with Crippen LogP contribution in [0.3, 0.4) is 0 Å². The average molecular weight is 486 g/mol. The standard InChI is InChI=1S/C17H34N4O2S.HI/c1-4-24(22,23)20(3)13-8-12-19-16(18-2)21-14-11-17(15-21)9-6-5-7-10-17;/h4-15H2,1-3H3,(H,18,19);1H. The molecule has 1 heterocycles. The number of rotatable bonds is 6. The van der Waals surface area contributed by atoms with Gasteiger partial charge in [-0.3, -0.25) is 4.99 Å². The third-order valence-electron chi connectivity index (χ3n) is 5.64. The van der Waals surface area contributed by atoms with E-state index in [1.54, 1.807) is 14.0 Å². The largest absolute Gasteiger partial charge is 0.356 e. The highest BCUT2D eigenvalue weighted by Crippen LogP contribution is 2.43. The summed E-state index contributed by atoms with van der Waals surface area (Å²) in [5.74, 6) is 1.13. The zero-order valence-corrected chi connectivity index (χ0v) is 19.1. The van der Waals surface area contributed by atoms with E-state index in [2.05, 4.69) is 15.2 Å². The first kappa shape index (κ1) is 23.0. The minimum atomic E-state index is -3.07. The van der Waals surface area contributed by atoms with E-state index in [0.29, 0.717) is 12.0 Å². The molecule has 1 aliphatic heterocycles. The van der Waals surface area contributed by atoms with Crippen molar-refractivity contribution in [3.8, 4) is 0 Å². The van der Waals surface area contributed by atoms with Crippen LogP contribution in [0.15, 0.2) is 4.99 Å². The monoisotopic (exact) mass is 486 g/mol. The quantitative estimate of drug-likeness (QED) is 0.271. The highest BCUT2D eigenvalue weighted by atomic mass is 127. The van der Waals surface area contributed by atoms with E-state index in [-0.39, 0.29) is 29.7 Å². The first-order valence-electron chi connectivity index (χ1n) is 9.32. The summed E-state index contributed by atoms with van der Waals surface area (Å²) >= 11 is 0. The van der Waals surface area contributed by atoms with Gasteiger partial charge in [0, 0.05) is 40.3 Å². The second-order valence-electron chi connectivity index (χ2n) is 7.28. The Labute approximate surface area is 170 Å². The van der Waals surface area contributed by atoms with Crippen molar-refractivity contribution in [1.82, 2.24) is 14.5 Å². The molecule has 0 amide bonds. The van der Waals surface area contributed by atoms with Gasteiger partial charge in [-0.25, -0.2) is 12.7 Å². The maximum absolute atomic E-state index is 11.7. The third-order valence-corrected chi connectivity index (χ3v) is 7.50. The van der Waals surface area contributed by atoms with Gasteiger partial charge in [0.15, 0.2) is 5.96 Å². The second kappa shape index (κ2) is 10.3. The Morgan fingerprint density at radius 1 is 1.24 bits per heavy atom. The van der Waals surface area contributed by atoms with Gasteiger partial charge >= 0.3 is 0 Å². The molecule has 2 rings (SSSR count). The van der Waals surface area contributed by atoms with E-state index in [1.165, 1.54) is 42.8 Å². The van der Waals surface area contributed by atoms with E-state index in [9.17, 15) is 8.42 Å². The Hall–Kier alpha value is -0.0900. The molecule has 0 aromatic carbocycles. The Morgan fingerprint density at radius 3 is 2.52 bits per heavy atom. The fourth-order valence-corrected chi connectivity index (χ4v) is 4.87. The van der Waals surface area contributed by atoms with Crippen LogP contribution in [0.2, 0.25) is 0 Å². The molecule has 0 bridgehead atoms. The number of sulfonamides is 1. The van der Waals surface area contributed by atoms with E-state index in [4.69, 9.17) is 0 Å². The Bertz CT molecular complexity index is 533. The average Bonchev–Trinajstić information content (AvgIpc) is 2.98. The minimum absolute atomic E-state index is 0. The smallest absolute Gasteiger partial charge is 0.213 e. The van der Waals surface area contributed by atoms with Crippen molar-refractivity contribution in [2.75, 3.05) is 46.0 Å². The molecule has 25 heavy (non-hydrogen) atoms. The number of nitrogens with zero attached hydrogens (tertiary/aromatic N) is 3. The van der Waals surface area contributed by atoms with Crippen LogP contribution in [-0.4, -0.2) is 69.6 Å². The first-order chi connectivity index (χ1) is 11.4. The molecule has 1 aliphatic carbocycles. The van der Waals surface area contributed by atoms with Gasteiger partial charge in [-0.1, -0.05) is 19.3 Å². The maximum Gasteiger partial charge on any atom is 0.213 e. The van der Waals surface area contributed by atoms with Crippen LogP contribution in [0.4, 0.5) is 0 Å². The van der Waals surface area contributed by atoms with Crippen LogP contribution >= 0.6 is 24.0 Å². The zero-order valence-electron chi connectivity index (χ0n) is 16.0. The van der Waals surface area contributed by atoms with Gasteiger partial charge in [-0.15, -0.1) is 24.0 Å². The van der Waals surface area contributed by atoms with Gasteiger partial charge in [0.2, 0.25) is 10.0 Å². The van der Waals surface area contributed by atoms with Crippen molar-refractivity contribution in [3.05, 3.63) is 0 Å². The molecular weight excluding hydrogens is 451 g/mol. The number of halogens is 1. The van der Waals surface area contributed by atoms with E-state index >= 15 is 0 Å². The van der Waals surface area contributed by atoms with Crippen molar-refractivity contribution in [2.45, 2.75) is 51.9 Å². The molecule has 0 aromatic heterocycles. The molecule has 148 valence electrons. The van der Waals surface area contributed by atoms with Crippen molar-refractivity contribution in [3.63, 3.8) is 0 Å². The number of hydrogen-bond acceptors (Lipinski definition) is 3. The lowest BCUT2D eigenvalue weighted by Gasteiger charge is -2.33.